The maximum Gasteiger partial charge on any atom is 0.269 e. The van der Waals surface area contributed by atoms with Crippen molar-refractivity contribution in [1.29, 1.82) is 0 Å². The van der Waals surface area contributed by atoms with E-state index in [1.165, 1.54) is 24.3 Å². The third kappa shape index (κ3) is 4.32. The molecule has 0 aliphatic carbocycles. The summed E-state index contributed by atoms with van der Waals surface area (Å²) in [4.78, 5) is 10.1. The number of benzene rings is 2. The summed E-state index contributed by atoms with van der Waals surface area (Å²) in [5.41, 5.74) is 0.166. The van der Waals surface area contributed by atoms with Gasteiger partial charge in [0.1, 0.15) is 5.82 Å². The maximum atomic E-state index is 13.3. The van der Waals surface area contributed by atoms with E-state index in [0.29, 0.717) is 26.1 Å². The number of non-ortho nitro benzene ring substituents is 1. The van der Waals surface area contributed by atoms with Crippen molar-refractivity contribution in [2.24, 2.45) is 0 Å². The lowest BCUT2D eigenvalue weighted by molar-refractivity contribution is -0.384. The summed E-state index contributed by atoms with van der Waals surface area (Å²) in [5.74, 6) is -0.354. The molecule has 0 radical (unpaired) electrons. The van der Waals surface area contributed by atoms with Crippen molar-refractivity contribution in [1.82, 2.24) is 4.72 Å². The molecule has 0 saturated carbocycles. The zero-order valence-electron chi connectivity index (χ0n) is 14.4. The molecule has 1 aliphatic heterocycles. The van der Waals surface area contributed by atoms with Crippen LogP contribution in [-0.4, -0.2) is 33.1 Å². The zero-order valence-corrected chi connectivity index (χ0v) is 15.2. The monoisotopic (exact) mass is 394 g/mol. The summed E-state index contributed by atoms with van der Waals surface area (Å²) in [7, 11) is -3.84. The highest BCUT2D eigenvalue weighted by molar-refractivity contribution is 7.89. The molecule has 0 aromatic heterocycles. The predicted molar refractivity (Wildman–Crippen MR) is 96.4 cm³/mol. The number of sulfonamides is 1. The quantitative estimate of drug-likeness (QED) is 0.600. The fourth-order valence-corrected chi connectivity index (χ4v) is 4.32. The standard InChI is InChI=1S/C18H19FN2O5S/c19-15-3-1-14(2-4-15)18(9-11-26-12-10-18)13-20-27(24,25)17-7-5-16(6-8-17)21(22)23/h1-8,20H,9-13H2. The number of hydrogen-bond donors (Lipinski definition) is 1. The van der Waals surface area contributed by atoms with Crippen molar-refractivity contribution in [3.8, 4) is 0 Å². The van der Waals surface area contributed by atoms with E-state index in [1.54, 1.807) is 12.1 Å². The minimum atomic E-state index is -3.84. The normalized spacial score (nSPS) is 16.8. The average molecular weight is 394 g/mol. The number of nitro benzene ring substituents is 1. The van der Waals surface area contributed by atoms with Crippen LogP contribution in [-0.2, 0) is 20.2 Å². The molecule has 1 N–H and O–H groups in total. The van der Waals surface area contributed by atoms with Gasteiger partial charge in [-0.05, 0) is 42.7 Å². The number of nitrogens with zero attached hydrogens (tertiary/aromatic N) is 1. The second-order valence-corrected chi connectivity index (χ2v) is 8.24. The van der Waals surface area contributed by atoms with Gasteiger partial charge in [0.15, 0.2) is 0 Å². The lowest BCUT2D eigenvalue weighted by atomic mass is 9.74. The Morgan fingerprint density at radius 1 is 1.07 bits per heavy atom. The first-order chi connectivity index (χ1) is 12.8. The molecule has 1 aliphatic rings. The first-order valence-corrected chi connectivity index (χ1v) is 9.89. The van der Waals surface area contributed by atoms with Crippen molar-refractivity contribution in [3.05, 3.63) is 70.0 Å². The second-order valence-electron chi connectivity index (χ2n) is 6.48. The van der Waals surface area contributed by atoms with Gasteiger partial charge >= 0.3 is 0 Å². The lowest BCUT2D eigenvalue weighted by Crippen LogP contribution is -2.44. The molecule has 0 atom stereocenters. The minimum absolute atomic E-state index is 0.0468. The van der Waals surface area contributed by atoms with Crippen LogP contribution in [0, 0.1) is 15.9 Å². The average Bonchev–Trinajstić information content (AvgIpc) is 2.68. The van der Waals surface area contributed by atoms with Crippen LogP contribution in [0.3, 0.4) is 0 Å². The van der Waals surface area contributed by atoms with Crippen LogP contribution >= 0.6 is 0 Å². The number of nitrogens with one attached hydrogen (secondary N) is 1. The molecular formula is C18H19FN2O5S. The molecule has 0 amide bonds. The van der Waals surface area contributed by atoms with Gasteiger partial charge in [-0.15, -0.1) is 0 Å². The molecule has 0 bridgehead atoms. The van der Waals surface area contributed by atoms with Gasteiger partial charge in [0.05, 0.1) is 9.82 Å². The van der Waals surface area contributed by atoms with E-state index in [-0.39, 0.29) is 22.9 Å². The molecule has 0 unspecified atom stereocenters. The van der Waals surface area contributed by atoms with Gasteiger partial charge in [-0.2, -0.15) is 0 Å². The Morgan fingerprint density at radius 3 is 2.22 bits per heavy atom. The molecule has 144 valence electrons. The fraction of sp³-hybridized carbons (Fsp3) is 0.333. The van der Waals surface area contributed by atoms with Crippen molar-refractivity contribution in [2.45, 2.75) is 23.2 Å². The van der Waals surface area contributed by atoms with Gasteiger partial charge in [-0.25, -0.2) is 17.5 Å². The summed E-state index contributed by atoms with van der Waals surface area (Å²) in [5, 5.41) is 10.7. The largest absolute Gasteiger partial charge is 0.381 e. The van der Waals surface area contributed by atoms with E-state index in [1.807, 2.05) is 0 Å². The van der Waals surface area contributed by atoms with Crippen LogP contribution in [0.25, 0.3) is 0 Å². The van der Waals surface area contributed by atoms with Crippen LogP contribution in [0.1, 0.15) is 18.4 Å². The molecule has 9 heteroatoms. The van der Waals surface area contributed by atoms with Crippen molar-refractivity contribution < 1.29 is 22.5 Å². The van der Waals surface area contributed by atoms with Crippen LogP contribution in [0.15, 0.2) is 53.4 Å². The Labute approximate surface area is 156 Å². The third-order valence-corrected chi connectivity index (χ3v) is 6.28. The van der Waals surface area contributed by atoms with Gasteiger partial charge in [-0.3, -0.25) is 10.1 Å². The van der Waals surface area contributed by atoms with E-state index >= 15 is 0 Å². The fourth-order valence-electron chi connectivity index (χ4n) is 3.20. The SMILES string of the molecule is O=[N+]([O-])c1ccc(S(=O)(=O)NCC2(c3ccc(F)cc3)CCOCC2)cc1. The third-order valence-electron chi connectivity index (χ3n) is 4.86. The topological polar surface area (TPSA) is 98.5 Å². The lowest BCUT2D eigenvalue weighted by Gasteiger charge is -2.37. The summed E-state index contributed by atoms with van der Waals surface area (Å²) < 4.78 is 46.5. The van der Waals surface area contributed by atoms with E-state index in [4.69, 9.17) is 4.74 Å². The molecule has 7 nitrogen and oxygen atoms in total. The number of rotatable bonds is 6. The van der Waals surface area contributed by atoms with Gasteiger partial charge in [0.25, 0.3) is 5.69 Å². The Kier molecular flexibility index (Phi) is 5.54. The van der Waals surface area contributed by atoms with Crippen LogP contribution < -0.4 is 4.72 Å². The molecule has 3 rings (SSSR count). The van der Waals surface area contributed by atoms with Gasteiger partial charge in [0, 0.05) is 37.3 Å². The van der Waals surface area contributed by atoms with E-state index in [0.717, 1.165) is 17.7 Å². The number of nitro groups is 1. The zero-order chi connectivity index (χ0) is 19.5. The summed E-state index contributed by atoms with van der Waals surface area (Å²) in [6.07, 6.45) is 1.20. The van der Waals surface area contributed by atoms with Crippen molar-refractivity contribution >= 4 is 15.7 Å². The summed E-state index contributed by atoms with van der Waals surface area (Å²) in [6.45, 7) is 1.09. The molecule has 27 heavy (non-hydrogen) atoms. The molecule has 2 aromatic rings. The van der Waals surface area contributed by atoms with Crippen LogP contribution in [0.4, 0.5) is 10.1 Å². The van der Waals surface area contributed by atoms with Crippen molar-refractivity contribution in [2.75, 3.05) is 19.8 Å². The molecular weight excluding hydrogens is 375 g/mol. The van der Waals surface area contributed by atoms with Gasteiger partial charge in [-0.1, -0.05) is 12.1 Å². The predicted octanol–water partition coefficient (Wildman–Crippen LogP) is 2.76. The summed E-state index contributed by atoms with van der Waals surface area (Å²) in [6, 6.07) is 10.8. The maximum absolute atomic E-state index is 13.3. The van der Waals surface area contributed by atoms with Crippen LogP contribution in [0.5, 0.6) is 0 Å². The molecule has 2 aromatic carbocycles. The molecule has 0 spiro atoms. The Balaban J connectivity index is 1.82. The minimum Gasteiger partial charge on any atom is -0.381 e. The Morgan fingerprint density at radius 2 is 1.67 bits per heavy atom. The van der Waals surface area contributed by atoms with E-state index in [9.17, 15) is 22.9 Å². The van der Waals surface area contributed by atoms with E-state index < -0.39 is 20.4 Å². The van der Waals surface area contributed by atoms with Gasteiger partial charge < -0.3 is 4.74 Å². The van der Waals surface area contributed by atoms with Gasteiger partial charge in [0.2, 0.25) is 10.0 Å². The Bertz CT molecular complexity index is 908. The molecule has 1 heterocycles. The molecule has 1 saturated heterocycles. The first-order valence-electron chi connectivity index (χ1n) is 8.40. The number of ether oxygens (including phenoxy) is 1. The Hall–Kier alpha value is -2.36. The number of hydrogen-bond acceptors (Lipinski definition) is 5. The number of halogens is 1. The van der Waals surface area contributed by atoms with E-state index in [2.05, 4.69) is 4.72 Å². The first kappa shape index (κ1) is 19.4. The second kappa shape index (κ2) is 7.71. The highest BCUT2D eigenvalue weighted by Gasteiger charge is 2.35. The molecule has 1 fully saturated rings. The smallest absolute Gasteiger partial charge is 0.269 e. The highest BCUT2D eigenvalue weighted by Crippen LogP contribution is 2.34. The summed E-state index contributed by atoms with van der Waals surface area (Å²) >= 11 is 0. The van der Waals surface area contributed by atoms with Crippen LogP contribution in [0.2, 0.25) is 0 Å². The highest BCUT2D eigenvalue weighted by atomic mass is 32.2. The van der Waals surface area contributed by atoms with Crippen molar-refractivity contribution in [3.63, 3.8) is 0 Å².